The Balaban J connectivity index is 1.46. The average molecular weight is 536 g/mol. The third-order valence-electron chi connectivity index (χ3n) is 7.25. The summed E-state index contributed by atoms with van der Waals surface area (Å²) < 4.78 is 42.2. The van der Waals surface area contributed by atoms with Gasteiger partial charge in [0.15, 0.2) is 17.3 Å². The molecule has 3 aromatic heterocycles. The van der Waals surface area contributed by atoms with Crippen LogP contribution >= 0.6 is 0 Å². The van der Waals surface area contributed by atoms with E-state index in [2.05, 4.69) is 50.5 Å². The molecule has 13 heteroatoms. The number of hydrogen-bond donors (Lipinski definition) is 2. The Morgan fingerprint density at radius 1 is 1.18 bits per heavy atom. The predicted octanol–water partition coefficient (Wildman–Crippen LogP) is 3.61. The molecule has 0 atom stereocenters. The zero-order valence-corrected chi connectivity index (χ0v) is 21.2. The van der Waals surface area contributed by atoms with Crippen LogP contribution in [0.5, 0.6) is 0 Å². The molecule has 0 unspecified atom stereocenters. The lowest BCUT2D eigenvalue weighted by molar-refractivity contribution is -0.144. The van der Waals surface area contributed by atoms with Gasteiger partial charge in [-0.25, -0.2) is 24.3 Å². The molecule has 10 nitrogen and oxygen atoms in total. The van der Waals surface area contributed by atoms with Gasteiger partial charge in [0.25, 0.3) is 5.56 Å². The summed E-state index contributed by atoms with van der Waals surface area (Å²) in [6, 6.07) is 9.47. The van der Waals surface area contributed by atoms with E-state index >= 15 is 0 Å². The number of rotatable bonds is 5. The predicted molar refractivity (Wildman–Crippen MR) is 136 cm³/mol. The van der Waals surface area contributed by atoms with Crippen molar-refractivity contribution < 1.29 is 13.2 Å². The molecule has 2 N–H and O–H groups in total. The summed E-state index contributed by atoms with van der Waals surface area (Å²) in [4.78, 5) is 30.3. The van der Waals surface area contributed by atoms with Crippen LogP contribution in [0, 0.1) is 11.3 Å². The fourth-order valence-electron chi connectivity index (χ4n) is 5.06. The number of nitriles is 1. The molecule has 4 heterocycles. The molecule has 1 fully saturated rings. The largest absolute Gasteiger partial charge is 0.408 e. The molecule has 1 aliphatic carbocycles. The number of nitrogens with one attached hydrogen (secondary N) is 2. The summed E-state index contributed by atoms with van der Waals surface area (Å²) in [7, 11) is 0. The van der Waals surface area contributed by atoms with Crippen molar-refractivity contribution in [3.63, 3.8) is 0 Å². The molecule has 0 spiro atoms. The molecule has 0 radical (unpaired) electrons. The standard InChI is InChI=1S/C26H24F3N9O/c1-24(2)18-4-3-16(11-15(18)5-10-33-24)34-23-32-12-17-20(36-23)38(37(21(17)39)14-26(27,28)29)19-6-9-31-22(35-19)25(13-30)7-8-25/h3-4,6,9,11-12,33H,5,7-8,10,14H2,1-2H3,(H,32,34,36). The number of halogens is 3. The number of anilines is 2. The summed E-state index contributed by atoms with van der Waals surface area (Å²) in [5.41, 5.74) is 1.07. The fraction of sp³-hybridized carbons (Fsp3) is 0.385. The maximum absolute atomic E-state index is 13.5. The van der Waals surface area contributed by atoms with Crippen molar-refractivity contribution in [1.82, 2.24) is 34.6 Å². The van der Waals surface area contributed by atoms with Gasteiger partial charge in [-0.05, 0) is 62.9 Å². The Kier molecular flexibility index (Phi) is 5.51. The first-order valence-corrected chi connectivity index (χ1v) is 12.5. The molecule has 6 rings (SSSR count). The van der Waals surface area contributed by atoms with E-state index in [4.69, 9.17) is 0 Å². The van der Waals surface area contributed by atoms with E-state index in [9.17, 15) is 23.2 Å². The number of hydrogen-bond acceptors (Lipinski definition) is 8. The molecule has 2 aliphatic rings. The highest BCUT2D eigenvalue weighted by molar-refractivity contribution is 5.77. The third kappa shape index (κ3) is 4.40. The first-order chi connectivity index (χ1) is 18.5. The van der Waals surface area contributed by atoms with Crippen LogP contribution in [0.15, 0.2) is 41.5 Å². The Labute approximate surface area is 220 Å². The highest BCUT2D eigenvalue weighted by Crippen LogP contribution is 2.45. The molecule has 1 saturated carbocycles. The second-order valence-electron chi connectivity index (χ2n) is 10.5. The molecular formula is C26H24F3N9O. The number of fused-ring (bicyclic) bond motifs is 2. The molecule has 39 heavy (non-hydrogen) atoms. The van der Waals surface area contributed by atoms with Crippen molar-refractivity contribution in [2.75, 3.05) is 11.9 Å². The number of alkyl halides is 3. The lowest BCUT2D eigenvalue weighted by Gasteiger charge is -2.34. The van der Waals surface area contributed by atoms with E-state index in [1.807, 2.05) is 18.2 Å². The van der Waals surface area contributed by atoms with Crippen LogP contribution < -0.4 is 16.2 Å². The van der Waals surface area contributed by atoms with Gasteiger partial charge in [0.1, 0.15) is 17.3 Å². The summed E-state index contributed by atoms with van der Waals surface area (Å²) in [6.45, 7) is 3.50. The second kappa shape index (κ2) is 8.60. The van der Waals surface area contributed by atoms with Gasteiger partial charge in [-0.15, -0.1) is 0 Å². The van der Waals surface area contributed by atoms with Gasteiger partial charge >= 0.3 is 6.18 Å². The van der Waals surface area contributed by atoms with Gasteiger partial charge in [0, 0.05) is 29.7 Å². The van der Waals surface area contributed by atoms with Crippen LogP contribution in [0.4, 0.5) is 24.8 Å². The summed E-state index contributed by atoms with van der Waals surface area (Å²) >= 11 is 0. The van der Waals surface area contributed by atoms with Crippen molar-refractivity contribution in [3.8, 4) is 11.9 Å². The van der Waals surface area contributed by atoms with E-state index in [1.54, 1.807) is 0 Å². The average Bonchev–Trinajstić information content (AvgIpc) is 3.64. The van der Waals surface area contributed by atoms with E-state index in [0.717, 1.165) is 23.2 Å². The van der Waals surface area contributed by atoms with Crippen molar-refractivity contribution in [1.29, 1.82) is 5.26 Å². The van der Waals surface area contributed by atoms with Crippen LogP contribution in [-0.4, -0.2) is 42.0 Å². The van der Waals surface area contributed by atoms with Crippen LogP contribution in [0.25, 0.3) is 16.9 Å². The first-order valence-electron chi connectivity index (χ1n) is 12.5. The zero-order chi connectivity index (χ0) is 27.6. The molecule has 0 saturated heterocycles. The number of nitrogens with zero attached hydrogens (tertiary/aromatic N) is 7. The highest BCUT2D eigenvalue weighted by Gasteiger charge is 2.48. The molecule has 1 aliphatic heterocycles. The van der Waals surface area contributed by atoms with E-state index in [1.165, 1.54) is 24.0 Å². The molecule has 0 bridgehead atoms. The summed E-state index contributed by atoms with van der Waals surface area (Å²) in [5, 5.41) is 16.1. The van der Waals surface area contributed by atoms with E-state index < -0.39 is 23.7 Å². The van der Waals surface area contributed by atoms with Crippen molar-refractivity contribution in [2.45, 2.75) is 56.8 Å². The van der Waals surface area contributed by atoms with Crippen molar-refractivity contribution >= 4 is 22.7 Å². The lowest BCUT2D eigenvalue weighted by Crippen LogP contribution is -2.42. The van der Waals surface area contributed by atoms with Crippen LogP contribution in [0.1, 0.15) is 43.6 Å². The van der Waals surface area contributed by atoms with Gasteiger partial charge in [0.05, 0.1) is 6.07 Å². The summed E-state index contributed by atoms with van der Waals surface area (Å²) in [5.74, 6) is 0.318. The minimum atomic E-state index is -4.68. The topological polar surface area (TPSA) is 126 Å². The second-order valence-corrected chi connectivity index (χ2v) is 10.5. The van der Waals surface area contributed by atoms with E-state index in [0.29, 0.717) is 23.2 Å². The van der Waals surface area contributed by atoms with Crippen LogP contribution in [0.2, 0.25) is 0 Å². The monoisotopic (exact) mass is 535 g/mol. The van der Waals surface area contributed by atoms with Gasteiger partial charge in [-0.1, -0.05) is 6.07 Å². The number of aromatic nitrogens is 6. The normalized spacial score (nSPS) is 17.4. The molecule has 0 amide bonds. The Morgan fingerprint density at radius 3 is 2.69 bits per heavy atom. The molecular weight excluding hydrogens is 511 g/mol. The Hall–Kier alpha value is -4.31. The van der Waals surface area contributed by atoms with Gasteiger partial charge < -0.3 is 10.6 Å². The van der Waals surface area contributed by atoms with Gasteiger partial charge in [-0.3, -0.25) is 4.79 Å². The smallest absolute Gasteiger partial charge is 0.324 e. The zero-order valence-electron chi connectivity index (χ0n) is 21.2. The highest BCUT2D eigenvalue weighted by atomic mass is 19.4. The SMILES string of the molecule is CC1(C)NCCc2cc(Nc3ncc4c(=O)n(CC(F)(F)F)n(-c5ccnc(C6(C#N)CC6)n5)c4n3)ccc21. The summed E-state index contributed by atoms with van der Waals surface area (Å²) in [6.07, 6.45) is -0.155. The lowest BCUT2D eigenvalue weighted by atomic mass is 9.85. The van der Waals surface area contributed by atoms with Crippen LogP contribution in [0.3, 0.4) is 0 Å². The van der Waals surface area contributed by atoms with Crippen LogP contribution in [-0.2, 0) is 23.9 Å². The van der Waals surface area contributed by atoms with Gasteiger partial charge in [0.2, 0.25) is 5.95 Å². The third-order valence-corrected chi connectivity index (χ3v) is 7.25. The molecule has 200 valence electrons. The molecule has 1 aromatic carbocycles. The minimum Gasteiger partial charge on any atom is -0.324 e. The molecule has 4 aromatic rings. The Morgan fingerprint density at radius 2 is 1.97 bits per heavy atom. The minimum absolute atomic E-state index is 0.00559. The van der Waals surface area contributed by atoms with E-state index in [-0.39, 0.29) is 34.2 Å². The first kappa shape index (κ1) is 25.0. The maximum atomic E-state index is 13.5. The van der Waals surface area contributed by atoms with Crippen molar-refractivity contribution in [2.24, 2.45) is 0 Å². The van der Waals surface area contributed by atoms with Crippen molar-refractivity contribution in [3.05, 3.63) is 64.0 Å². The van der Waals surface area contributed by atoms with Gasteiger partial charge in [-0.2, -0.15) is 23.4 Å². The maximum Gasteiger partial charge on any atom is 0.408 e. The number of benzene rings is 1. The Bertz CT molecular complexity index is 1710. The quantitative estimate of drug-likeness (QED) is 0.397. The fourth-order valence-corrected chi connectivity index (χ4v) is 5.06.